The van der Waals surface area contributed by atoms with Gasteiger partial charge in [0.1, 0.15) is 0 Å². The van der Waals surface area contributed by atoms with Crippen molar-refractivity contribution >= 4 is 12.4 Å². The molecule has 0 aromatic rings. The van der Waals surface area contributed by atoms with Gasteiger partial charge in [0.15, 0.2) is 0 Å². The first-order valence-corrected chi connectivity index (χ1v) is 2.08. The fraction of sp³-hybridized carbons (Fsp3) is 1.00. The third kappa shape index (κ3) is 4.05. The molecule has 0 spiro atoms. The van der Waals surface area contributed by atoms with Gasteiger partial charge >= 0.3 is 0 Å². The second-order valence-electron chi connectivity index (χ2n) is 1.32. The highest BCUT2D eigenvalue weighted by Crippen LogP contribution is 1.98. The van der Waals surface area contributed by atoms with Crippen molar-refractivity contribution in [3.05, 3.63) is 0 Å². The van der Waals surface area contributed by atoms with E-state index in [1.54, 1.807) is 0 Å². The second kappa shape index (κ2) is 6.21. The summed E-state index contributed by atoms with van der Waals surface area (Å²) in [4.78, 5) is 0. The zero-order valence-electron chi connectivity index (χ0n) is 4.14. The minimum Gasteiger partial charge on any atom is -0.412 e. The van der Waals surface area contributed by atoms with Crippen molar-refractivity contribution < 1.29 is 10.2 Å². The molecule has 0 bridgehead atoms. The van der Waals surface area contributed by atoms with Gasteiger partial charge in [-0.3, -0.25) is 0 Å². The van der Waals surface area contributed by atoms with Gasteiger partial charge in [0, 0.05) is 13.2 Å². The third-order valence-electron chi connectivity index (χ3n) is 0.827. The largest absolute Gasteiger partial charge is 0.412 e. The molecular weight excluding hydrogens is 115 g/mol. The van der Waals surface area contributed by atoms with E-state index in [-0.39, 0.29) is 17.9 Å². The lowest BCUT2D eigenvalue weighted by Gasteiger charge is -1.76. The fourth-order valence-electron chi connectivity index (χ4n) is 0.510. The zero-order valence-corrected chi connectivity index (χ0v) is 4.96. The van der Waals surface area contributed by atoms with E-state index in [0.717, 1.165) is 13.2 Å². The molecule has 1 aliphatic heterocycles. The quantitative estimate of drug-likeness (QED) is 0.463. The molecule has 1 saturated heterocycles. The average Bonchev–Trinajstić information content (AvgIpc) is 1.76. The van der Waals surface area contributed by atoms with Gasteiger partial charge in [0.2, 0.25) is 0 Å². The molecule has 2 N–H and O–H groups in total. The standard InChI is InChI=1S/C4H8O.ClH.H2O/c1-2-4-5-3-1;;/h1-4H2;1H;1H2. The number of ether oxygens (including phenoxy) is 1. The van der Waals surface area contributed by atoms with Crippen molar-refractivity contribution in [1.29, 1.82) is 0 Å². The maximum absolute atomic E-state index is 4.94. The Morgan fingerprint density at radius 3 is 1.57 bits per heavy atom. The molecule has 7 heavy (non-hydrogen) atoms. The van der Waals surface area contributed by atoms with Gasteiger partial charge in [0.05, 0.1) is 0 Å². The summed E-state index contributed by atoms with van der Waals surface area (Å²) in [5.74, 6) is 0. The van der Waals surface area contributed by atoms with Crippen LogP contribution < -0.4 is 0 Å². The molecule has 0 saturated carbocycles. The molecule has 46 valence electrons. The SMILES string of the molecule is C1CCOC1.Cl.O. The minimum atomic E-state index is 0. The van der Waals surface area contributed by atoms with Gasteiger partial charge in [0.25, 0.3) is 0 Å². The Bertz CT molecular complexity index is 21.3. The van der Waals surface area contributed by atoms with Crippen LogP contribution in [0.3, 0.4) is 0 Å². The summed E-state index contributed by atoms with van der Waals surface area (Å²) in [6.07, 6.45) is 2.56. The van der Waals surface area contributed by atoms with Crippen molar-refractivity contribution in [1.82, 2.24) is 0 Å². The van der Waals surface area contributed by atoms with E-state index in [1.807, 2.05) is 0 Å². The molecule has 0 aliphatic carbocycles. The number of halogens is 1. The molecule has 0 aromatic heterocycles. The molecule has 0 aromatic carbocycles. The summed E-state index contributed by atoms with van der Waals surface area (Å²) in [7, 11) is 0. The molecule has 1 heterocycles. The smallest absolute Gasteiger partial charge is 0.0466 e. The van der Waals surface area contributed by atoms with Crippen LogP contribution in [-0.4, -0.2) is 18.7 Å². The van der Waals surface area contributed by atoms with E-state index in [2.05, 4.69) is 0 Å². The molecule has 0 radical (unpaired) electrons. The van der Waals surface area contributed by atoms with Crippen LogP contribution in [-0.2, 0) is 4.74 Å². The topological polar surface area (TPSA) is 40.7 Å². The first kappa shape index (κ1) is 10.2. The van der Waals surface area contributed by atoms with Gasteiger partial charge in [-0.25, -0.2) is 0 Å². The normalized spacial score (nSPS) is 17.1. The molecule has 3 heteroatoms. The highest BCUT2D eigenvalue weighted by Gasteiger charge is 1.94. The average molecular weight is 127 g/mol. The van der Waals surface area contributed by atoms with Gasteiger partial charge < -0.3 is 10.2 Å². The Morgan fingerprint density at radius 2 is 1.43 bits per heavy atom. The van der Waals surface area contributed by atoms with Crippen molar-refractivity contribution in [2.45, 2.75) is 12.8 Å². The Morgan fingerprint density at radius 1 is 1.00 bits per heavy atom. The van der Waals surface area contributed by atoms with Crippen LogP contribution in [0, 0.1) is 0 Å². The van der Waals surface area contributed by atoms with Gasteiger partial charge in [-0.15, -0.1) is 12.4 Å². The Hall–Kier alpha value is 0.210. The van der Waals surface area contributed by atoms with Gasteiger partial charge in [-0.2, -0.15) is 0 Å². The van der Waals surface area contributed by atoms with Gasteiger partial charge in [-0.05, 0) is 12.8 Å². The summed E-state index contributed by atoms with van der Waals surface area (Å²) in [5, 5.41) is 0. The number of hydrogen-bond acceptors (Lipinski definition) is 1. The lowest BCUT2D eigenvalue weighted by atomic mass is 10.4. The first-order chi connectivity index (χ1) is 2.50. The second-order valence-corrected chi connectivity index (χ2v) is 1.32. The van der Waals surface area contributed by atoms with Crippen LogP contribution in [0.4, 0.5) is 0 Å². The molecule has 0 unspecified atom stereocenters. The number of rotatable bonds is 0. The summed E-state index contributed by atoms with van der Waals surface area (Å²) in [6.45, 7) is 2.00. The maximum Gasteiger partial charge on any atom is 0.0466 e. The highest BCUT2D eigenvalue weighted by atomic mass is 35.5. The van der Waals surface area contributed by atoms with Crippen molar-refractivity contribution in [3.8, 4) is 0 Å². The molecule has 1 rings (SSSR count). The van der Waals surface area contributed by atoms with Crippen molar-refractivity contribution in [2.75, 3.05) is 13.2 Å². The fourth-order valence-corrected chi connectivity index (χ4v) is 0.510. The molecule has 1 fully saturated rings. The Balaban J connectivity index is 0. The van der Waals surface area contributed by atoms with E-state index >= 15 is 0 Å². The van der Waals surface area contributed by atoms with E-state index in [1.165, 1.54) is 12.8 Å². The Labute approximate surface area is 49.6 Å². The monoisotopic (exact) mass is 126 g/mol. The molecule has 1 aliphatic rings. The predicted molar refractivity (Wildman–Crippen MR) is 30.9 cm³/mol. The highest BCUT2D eigenvalue weighted by molar-refractivity contribution is 5.85. The van der Waals surface area contributed by atoms with Crippen molar-refractivity contribution in [3.63, 3.8) is 0 Å². The summed E-state index contributed by atoms with van der Waals surface area (Å²) in [5.41, 5.74) is 0. The lowest BCUT2D eigenvalue weighted by molar-refractivity contribution is 0.198. The minimum absolute atomic E-state index is 0. The zero-order chi connectivity index (χ0) is 3.54. The number of hydrogen-bond donors (Lipinski definition) is 0. The van der Waals surface area contributed by atoms with Crippen LogP contribution in [0.1, 0.15) is 12.8 Å². The molecular formula is C4H11ClO2. The van der Waals surface area contributed by atoms with Crippen LogP contribution in [0.25, 0.3) is 0 Å². The van der Waals surface area contributed by atoms with Crippen LogP contribution >= 0.6 is 12.4 Å². The van der Waals surface area contributed by atoms with E-state index in [4.69, 9.17) is 4.74 Å². The summed E-state index contributed by atoms with van der Waals surface area (Å²) in [6, 6.07) is 0. The summed E-state index contributed by atoms with van der Waals surface area (Å²) >= 11 is 0. The predicted octanol–water partition coefficient (Wildman–Crippen LogP) is 0.394. The van der Waals surface area contributed by atoms with Gasteiger partial charge in [-0.1, -0.05) is 0 Å². The van der Waals surface area contributed by atoms with E-state index in [9.17, 15) is 0 Å². The third-order valence-corrected chi connectivity index (χ3v) is 0.827. The molecule has 0 atom stereocenters. The Kier molecular flexibility index (Phi) is 9.09. The van der Waals surface area contributed by atoms with Crippen LogP contribution in [0.2, 0.25) is 0 Å². The van der Waals surface area contributed by atoms with Crippen molar-refractivity contribution in [2.24, 2.45) is 0 Å². The maximum atomic E-state index is 4.94. The van der Waals surface area contributed by atoms with Crippen LogP contribution in [0.5, 0.6) is 0 Å². The first-order valence-electron chi connectivity index (χ1n) is 2.08. The lowest BCUT2D eigenvalue weighted by Crippen LogP contribution is -1.74. The summed E-state index contributed by atoms with van der Waals surface area (Å²) < 4.78 is 4.94. The van der Waals surface area contributed by atoms with E-state index in [0.29, 0.717) is 0 Å². The molecule has 0 amide bonds. The molecule has 2 nitrogen and oxygen atoms in total. The van der Waals surface area contributed by atoms with E-state index < -0.39 is 0 Å². The van der Waals surface area contributed by atoms with Crippen LogP contribution in [0.15, 0.2) is 0 Å².